The number of amides is 1. The molecule has 0 aliphatic rings. The Bertz CT molecular complexity index is 525. The van der Waals surface area contributed by atoms with Crippen LogP contribution in [0.5, 0.6) is 0 Å². The van der Waals surface area contributed by atoms with E-state index in [1.807, 2.05) is 0 Å². The molecular weight excluding hydrogens is 230 g/mol. The Morgan fingerprint density at radius 3 is 2.72 bits per heavy atom. The molecule has 18 heavy (non-hydrogen) atoms. The molecule has 2 rings (SSSR count). The third-order valence-electron chi connectivity index (χ3n) is 2.36. The normalized spacial score (nSPS) is 11.3. The number of nitrogens with two attached hydrogens (primary N) is 1. The SMILES string of the molecule is CC(C)(N)C(=O)Nc1ccc(-n2ccnc2)nc1. The van der Waals surface area contributed by atoms with Crippen molar-refractivity contribution in [3.63, 3.8) is 0 Å². The van der Waals surface area contributed by atoms with Crippen LogP contribution in [0.15, 0.2) is 37.1 Å². The van der Waals surface area contributed by atoms with Gasteiger partial charge in [-0.3, -0.25) is 9.36 Å². The quantitative estimate of drug-likeness (QED) is 0.842. The van der Waals surface area contributed by atoms with Crippen LogP contribution < -0.4 is 11.1 Å². The lowest BCUT2D eigenvalue weighted by Gasteiger charge is -2.17. The van der Waals surface area contributed by atoms with Gasteiger partial charge in [-0.1, -0.05) is 0 Å². The van der Waals surface area contributed by atoms with E-state index >= 15 is 0 Å². The first-order chi connectivity index (χ1) is 8.47. The highest BCUT2D eigenvalue weighted by atomic mass is 16.2. The van der Waals surface area contributed by atoms with Gasteiger partial charge >= 0.3 is 0 Å². The molecule has 94 valence electrons. The van der Waals surface area contributed by atoms with Gasteiger partial charge in [0.05, 0.1) is 17.4 Å². The molecule has 0 atom stereocenters. The van der Waals surface area contributed by atoms with E-state index in [0.29, 0.717) is 5.69 Å². The van der Waals surface area contributed by atoms with E-state index < -0.39 is 5.54 Å². The van der Waals surface area contributed by atoms with Crippen LogP contribution in [0.2, 0.25) is 0 Å². The van der Waals surface area contributed by atoms with Gasteiger partial charge in [0.15, 0.2) is 0 Å². The second-order valence-electron chi connectivity index (χ2n) is 4.55. The molecule has 0 radical (unpaired) electrons. The standard InChI is InChI=1S/C12H15N5O/c1-12(2,13)11(18)16-9-3-4-10(15-7-9)17-6-5-14-8-17/h3-8H,13H2,1-2H3,(H,16,18). The van der Waals surface area contributed by atoms with Crippen LogP contribution in [0.3, 0.4) is 0 Å². The van der Waals surface area contributed by atoms with Crippen molar-refractivity contribution >= 4 is 11.6 Å². The monoisotopic (exact) mass is 245 g/mol. The average molecular weight is 245 g/mol. The van der Waals surface area contributed by atoms with E-state index in [1.165, 1.54) is 0 Å². The zero-order valence-electron chi connectivity index (χ0n) is 10.3. The van der Waals surface area contributed by atoms with E-state index in [9.17, 15) is 4.79 Å². The van der Waals surface area contributed by atoms with Crippen molar-refractivity contribution in [2.75, 3.05) is 5.32 Å². The highest BCUT2D eigenvalue weighted by Crippen LogP contribution is 2.11. The lowest BCUT2D eigenvalue weighted by Crippen LogP contribution is -2.45. The van der Waals surface area contributed by atoms with Gasteiger partial charge < -0.3 is 11.1 Å². The van der Waals surface area contributed by atoms with Crippen molar-refractivity contribution in [2.24, 2.45) is 5.73 Å². The van der Waals surface area contributed by atoms with Crippen LogP contribution in [0.1, 0.15) is 13.8 Å². The number of rotatable bonds is 3. The fourth-order valence-corrected chi connectivity index (χ4v) is 1.30. The van der Waals surface area contributed by atoms with Crippen LogP contribution in [-0.4, -0.2) is 26.0 Å². The molecule has 3 N–H and O–H groups in total. The Balaban J connectivity index is 2.12. The van der Waals surface area contributed by atoms with Gasteiger partial charge in [-0.15, -0.1) is 0 Å². The van der Waals surface area contributed by atoms with Gasteiger partial charge in [0.2, 0.25) is 5.91 Å². The second kappa shape index (κ2) is 4.58. The summed E-state index contributed by atoms with van der Waals surface area (Å²) < 4.78 is 1.78. The van der Waals surface area contributed by atoms with Crippen LogP contribution in [0.25, 0.3) is 5.82 Å². The molecule has 2 aromatic heterocycles. The summed E-state index contributed by atoms with van der Waals surface area (Å²) >= 11 is 0. The Morgan fingerprint density at radius 2 is 2.22 bits per heavy atom. The van der Waals surface area contributed by atoms with Crippen LogP contribution in [-0.2, 0) is 4.79 Å². The minimum absolute atomic E-state index is 0.250. The van der Waals surface area contributed by atoms with Gasteiger partial charge in [-0.2, -0.15) is 0 Å². The third-order valence-corrected chi connectivity index (χ3v) is 2.36. The van der Waals surface area contributed by atoms with Gasteiger partial charge in [-0.05, 0) is 26.0 Å². The number of carbonyl (C=O) groups excluding carboxylic acids is 1. The number of carbonyl (C=O) groups is 1. The molecule has 6 nitrogen and oxygen atoms in total. The number of nitrogens with zero attached hydrogens (tertiary/aromatic N) is 3. The number of anilines is 1. The molecule has 0 saturated heterocycles. The summed E-state index contributed by atoms with van der Waals surface area (Å²) in [5, 5.41) is 2.70. The van der Waals surface area contributed by atoms with Crippen LogP contribution >= 0.6 is 0 Å². The summed E-state index contributed by atoms with van der Waals surface area (Å²) in [6.45, 7) is 3.30. The molecule has 2 aromatic rings. The number of nitrogens with one attached hydrogen (secondary N) is 1. The number of imidazole rings is 1. The van der Waals surface area contributed by atoms with E-state index in [1.54, 1.807) is 55.5 Å². The van der Waals surface area contributed by atoms with Gasteiger partial charge in [0.25, 0.3) is 0 Å². The number of hydrogen-bond donors (Lipinski definition) is 2. The second-order valence-corrected chi connectivity index (χ2v) is 4.55. The molecule has 0 spiro atoms. The highest BCUT2D eigenvalue weighted by molar-refractivity contribution is 5.97. The minimum Gasteiger partial charge on any atom is -0.323 e. The Morgan fingerprint density at radius 1 is 1.44 bits per heavy atom. The summed E-state index contributed by atoms with van der Waals surface area (Å²) in [5.41, 5.74) is 5.39. The van der Waals surface area contributed by atoms with E-state index in [2.05, 4.69) is 15.3 Å². The minimum atomic E-state index is -0.914. The van der Waals surface area contributed by atoms with Crippen molar-refractivity contribution in [1.82, 2.24) is 14.5 Å². The first kappa shape index (κ1) is 12.3. The first-order valence-electron chi connectivity index (χ1n) is 5.51. The maximum absolute atomic E-state index is 11.7. The Labute approximate surface area is 105 Å². The van der Waals surface area contributed by atoms with Crippen LogP contribution in [0, 0.1) is 0 Å². The zero-order chi connectivity index (χ0) is 13.2. The fourth-order valence-electron chi connectivity index (χ4n) is 1.30. The van der Waals surface area contributed by atoms with E-state index in [4.69, 9.17) is 5.73 Å². The predicted octanol–water partition coefficient (Wildman–Crippen LogP) is 0.943. The summed E-state index contributed by atoms with van der Waals surface area (Å²) in [4.78, 5) is 19.8. The molecule has 0 aromatic carbocycles. The average Bonchev–Trinajstić information content (AvgIpc) is 2.82. The van der Waals surface area contributed by atoms with E-state index in [-0.39, 0.29) is 5.91 Å². The lowest BCUT2D eigenvalue weighted by atomic mass is 10.1. The summed E-state index contributed by atoms with van der Waals surface area (Å²) in [7, 11) is 0. The lowest BCUT2D eigenvalue weighted by molar-refractivity contribution is -0.120. The molecule has 1 amide bonds. The summed E-state index contributed by atoms with van der Waals surface area (Å²) in [6.07, 6.45) is 6.71. The molecule has 0 unspecified atom stereocenters. The van der Waals surface area contributed by atoms with Crippen molar-refractivity contribution < 1.29 is 4.79 Å². The van der Waals surface area contributed by atoms with Crippen molar-refractivity contribution in [2.45, 2.75) is 19.4 Å². The van der Waals surface area contributed by atoms with Crippen molar-refractivity contribution in [1.29, 1.82) is 0 Å². The molecular formula is C12H15N5O. The Kier molecular flexibility index (Phi) is 3.12. The molecule has 0 saturated carbocycles. The highest BCUT2D eigenvalue weighted by Gasteiger charge is 2.21. The van der Waals surface area contributed by atoms with Crippen LogP contribution in [0.4, 0.5) is 5.69 Å². The third kappa shape index (κ3) is 2.72. The maximum Gasteiger partial charge on any atom is 0.243 e. The zero-order valence-corrected chi connectivity index (χ0v) is 10.3. The topological polar surface area (TPSA) is 85.8 Å². The number of pyridine rings is 1. The molecule has 0 fully saturated rings. The first-order valence-corrected chi connectivity index (χ1v) is 5.51. The molecule has 0 bridgehead atoms. The molecule has 2 heterocycles. The molecule has 6 heteroatoms. The van der Waals surface area contributed by atoms with Crippen molar-refractivity contribution in [3.05, 3.63) is 37.1 Å². The Hall–Kier alpha value is -2.21. The molecule has 0 aliphatic heterocycles. The maximum atomic E-state index is 11.7. The number of hydrogen-bond acceptors (Lipinski definition) is 4. The van der Waals surface area contributed by atoms with Gasteiger partial charge in [0.1, 0.15) is 12.1 Å². The van der Waals surface area contributed by atoms with E-state index in [0.717, 1.165) is 5.82 Å². The summed E-state index contributed by atoms with van der Waals surface area (Å²) in [5.74, 6) is 0.484. The van der Waals surface area contributed by atoms with Crippen molar-refractivity contribution in [3.8, 4) is 5.82 Å². The van der Waals surface area contributed by atoms with Gasteiger partial charge in [0, 0.05) is 12.4 Å². The van der Waals surface area contributed by atoms with Gasteiger partial charge in [-0.25, -0.2) is 9.97 Å². The largest absolute Gasteiger partial charge is 0.323 e. The number of aromatic nitrogens is 3. The predicted molar refractivity (Wildman–Crippen MR) is 68.3 cm³/mol. The summed E-state index contributed by atoms with van der Waals surface area (Å²) in [6, 6.07) is 3.56. The fraction of sp³-hybridized carbons (Fsp3) is 0.250. The molecule has 0 aliphatic carbocycles. The smallest absolute Gasteiger partial charge is 0.243 e.